The molecule has 0 spiro atoms. The number of aromatic hydroxyl groups is 1. The molecule has 0 radical (unpaired) electrons. The Kier molecular flexibility index (Phi) is 3.33. The summed E-state index contributed by atoms with van der Waals surface area (Å²) < 4.78 is 0. The van der Waals surface area contributed by atoms with Crippen molar-refractivity contribution in [2.24, 2.45) is 5.41 Å². The molecule has 1 aromatic carbocycles. The minimum absolute atomic E-state index is 0.188. The number of hydrogen-bond donors (Lipinski definition) is 1. The van der Waals surface area contributed by atoms with Crippen molar-refractivity contribution in [1.82, 2.24) is 4.90 Å². The Bertz CT molecular complexity index is 444. The van der Waals surface area contributed by atoms with Crippen molar-refractivity contribution < 1.29 is 9.90 Å². The van der Waals surface area contributed by atoms with Crippen LogP contribution in [0.1, 0.15) is 39.2 Å². The van der Waals surface area contributed by atoms with Crippen LogP contribution in [0.4, 0.5) is 0 Å². The first-order valence-corrected chi connectivity index (χ1v) is 6.47. The standard InChI is InChI=1S/C15H21NO2/c1-15(2,3)14(18)16(12-7-8-12)10-11-5-4-6-13(17)9-11/h4-6,9,12,17H,7-8,10H2,1-3H3. The van der Waals surface area contributed by atoms with E-state index in [9.17, 15) is 9.90 Å². The Hall–Kier alpha value is -1.51. The van der Waals surface area contributed by atoms with Gasteiger partial charge in [0.2, 0.25) is 5.91 Å². The maximum absolute atomic E-state index is 12.4. The fraction of sp³-hybridized carbons (Fsp3) is 0.533. The summed E-state index contributed by atoms with van der Waals surface area (Å²) in [5.74, 6) is 0.444. The predicted molar refractivity (Wildman–Crippen MR) is 71.1 cm³/mol. The summed E-state index contributed by atoms with van der Waals surface area (Å²) in [6.45, 7) is 6.45. The largest absolute Gasteiger partial charge is 0.508 e. The molecule has 0 unspecified atom stereocenters. The summed E-state index contributed by atoms with van der Waals surface area (Å²) in [6.07, 6.45) is 2.20. The van der Waals surface area contributed by atoms with Gasteiger partial charge in [0.1, 0.15) is 5.75 Å². The highest BCUT2D eigenvalue weighted by Crippen LogP contribution is 2.32. The molecule has 1 saturated carbocycles. The van der Waals surface area contributed by atoms with Gasteiger partial charge in [-0.3, -0.25) is 4.79 Å². The first-order valence-electron chi connectivity index (χ1n) is 6.47. The Morgan fingerprint density at radius 1 is 1.39 bits per heavy atom. The van der Waals surface area contributed by atoms with E-state index in [-0.39, 0.29) is 17.1 Å². The van der Waals surface area contributed by atoms with Gasteiger partial charge in [0.15, 0.2) is 0 Å². The number of phenolic OH excluding ortho intramolecular Hbond substituents is 1. The summed E-state index contributed by atoms with van der Waals surface area (Å²) in [7, 11) is 0. The molecule has 0 heterocycles. The maximum atomic E-state index is 12.4. The van der Waals surface area contributed by atoms with Crippen LogP contribution in [-0.4, -0.2) is 22.0 Å². The second kappa shape index (κ2) is 4.63. The topological polar surface area (TPSA) is 40.5 Å². The molecule has 0 aromatic heterocycles. The van der Waals surface area contributed by atoms with Gasteiger partial charge in [0.25, 0.3) is 0 Å². The van der Waals surface area contributed by atoms with Gasteiger partial charge in [-0.2, -0.15) is 0 Å². The van der Waals surface area contributed by atoms with Crippen molar-refractivity contribution in [2.75, 3.05) is 0 Å². The minimum Gasteiger partial charge on any atom is -0.508 e. The molecule has 98 valence electrons. The Morgan fingerprint density at radius 2 is 2.06 bits per heavy atom. The smallest absolute Gasteiger partial charge is 0.228 e. The van der Waals surface area contributed by atoms with E-state index in [1.165, 1.54) is 0 Å². The highest BCUT2D eigenvalue weighted by molar-refractivity contribution is 5.82. The fourth-order valence-corrected chi connectivity index (χ4v) is 2.04. The number of nitrogens with zero attached hydrogens (tertiary/aromatic N) is 1. The van der Waals surface area contributed by atoms with E-state index in [2.05, 4.69) is 0 Å². The highest BCUT2D eigenvalue weighted by atomic mass is 16.3. The van der Waals surface area contributed by atoms with Gasteiger partial charge in [-0.15, -0.1) is 0 Å². The number of hydrogen-bond acceptors (Lipinski definition) is 2. The van der Waals surface area contributed by atoms with Gasteiger partial charge in [-0.1, -0.05) is 32.9 Å². The molecule has 2 rings (SSSR count). The van der Waals surface area contributed by atoms with Gasteiger partial charge < -0.3 is 10.0 Å². The van der Waals surface area contributed by atoms with Crippen molar-refractivity contribution in [3.8, 4) is 5.75 Å². The zero-order valence-corrected chi connectivity index (χ0v) is 11.3. The lowest BCUT2D eigenvalue weighted by atomic mass is 9.94. The number of phenols is 1. The van der Waals surface area contributed by atoms with Crippen LogP contribution < -0.4 is 0 Å². The first kappa shape index (κ1) is 12.9. The van der Waals surface area contributed by atoms with E-state index < -0.39 is 0 Å². The zero-order valence-electron chi connectivity index (χ0n) is 11.3. The quantitative estimate of drug-likeness (QED) is 0.892. The molecule has 0 aliphatic heterocycles. The highest BCUT2D eigenvalue weighted by Gasteiger charge is 2.37. The summed E-state index contributed by atoms with van der Waals surface area (Å²) in [6, 6.07) is 7.53. The van der Waals surface area contributed by atoms with E-state index in [4.69, 9.17) is 0 Å². The average Bonchev–Trinajstić information content (AvgIpc) is 3.07. The molecule has 0 bridgehead atoms. The Balaban J connectivity index is 2.14. The molecular weight excluding hydrogens is 226 g/mol. The van der Waals surface area contributed by atoms with E-state index in [1.807, 2.05) is 37.8 Å². The number of carbonyl (C=O) groups is 1. The molecule has 0 saturated heterocycles. The van der Waals surface area contributed by atoms with Crippen molar-refractivity contribution >= 4 is 5.91 Å². The third-order valence-corrected chi connectivity index (χ3v) is 3.15. The van der Waals surface area contributed by atoms with Crippen LogP contribution >= 0.6 is 0 Å². The lowest BCUT2D eigenvalue weighted by molar-refractivity contribution is -0.140. The SMILES string of the molecule is CC(C)(C)C(=O)N(Cc1cccc(O)c1)C1CC1. The Morgan fingerprint density at radius 3 is 2.56 bits per heavy atom. The van der Waals surface area contributed by atoms with Crippen LogP contribution in [0.2, 0.25) is 0 Å². The molecule has 0 atom stereocenters. The molecule has 1 aliphatic rings. The summed E-state index contributed by atoms with van der Waals surface area (Å²) >= 11 is 0. The van der Waals surface area contributed by atoms with Crippen LogP contribution in [0.15, 0.2) is 24.3 Å². The Labute approximate surface area is 108 Å². The van der Waals surface area contributed by atoms with Gasteiger partial charge in [-0.25, -0.2) is 0 Å². The zero-order chi connectivity index (χ0) is 13.3. The number of rotatable bonds is 3. The van der Waals surface area contributed by atoms with Gasteiger partial charge in [-0.05, 0) is 30.5 Å². The van der Waals surface area contributed by atoms with Crippen LogP contribution in [0.3, 0.4) is 0 Å². The van der Waals surface area contributed by atoms with Crippen LogP contribution in [-0.2, 0) is 11.3 Å². The van der Waals surface area contributed by atoms with Crippen LogP contribution in [0, 0.1) is 5.41 Å². The second-order valence-electron chi connectivity index (χ2n) is 6.08. The van der Waals surface area contributed by atoms with E-state index in [1.54, 1.807) is 12.1 Å². The van der Waals surface area contributed by atoms with Crippen molar-refractivity contribution in [2.45, 2.75) is 46.2 Å². The van der Waals surface area contributed by atoms with Crippen LogP contribution in [0.5, 0.6) is 5.75 Å². The molecule has 1 amide bonds. The molecule has 18 heavy (non-hydrogen) atoms. The normalized spacial score (nSPS) is 15.5. The van der Waals surface area contributed by atoms with E-state index >= 15 is 0 Å². The summed E-state index contributed by atoms with van der Waals surface area (Å²) in [4.78, 5) is 14.4. The lowest BCUT2D eigenvalue weighted by Crippen LogP contribution is -2.40. The number of benzene rings is 1. The molecular formula is C15H21NO2. The van der Waals surface area contributed by atoms with Gasteiger partial charge >= 0.3 is 0 Å². The van der Waals surface area contributed by atoms with E-state index in [0.717, 1.165) is 18.4 Å². The van der Waals surface area contributed by atoms with Gasteiger partial charge in [0, 0.05) is 18.0 Å². The van der Waals surface area contributed by atoms with Crippen molar-refractivity contribution in [1.29, 1.82) is 0 Å². The first-order chi connectivity index (χ1) is 8.38. The second-order valence-corrected chi connectivity index (χ2v) is 6.08. The molecule has 1 fully saturated rings. The monoisotopic (exact) mass is 247 g/mol. The molecule has 1 aromatic rings. The summed E-state index contributed by atoms with van der Waals surface area (Å²) in [5, 5.41) is 9.48. The third kappa shape index (κ3) is 3.03. The van der Waals surface area contributed by atoms with Gasteiger partial charge in [0.05, 0.1) is 0 Å². The van der Waals surface area contributed by atoms with Crippen molar-refractivity contribution in [3.05, 3.63) is 29.8 Å². The fourth-order valence-electron chi connectivity index (χ4n) is 2.04. The maximum Gasteiger partial charge on any atom is 0.228 e. The number of carbonyl (C=O) groups excluding carboxylic acids is 1. The lowest BCUT2D eigenvalue weighted by Gasteiger charge is -2.29. The third-order valence-electron chi connectivity index (χ3n) is 3.15. The molecule has 3 nitrogen and oxygen atoms in total. The van der Waals surface area contributed by atoms with E-state index in [0.29, 0.717) is 12.6 Å². The summed E-state index contributed by atoms with van der Waals surface area (Å²) in [5.41, 5.74) is 0.638. The number of amides is 1. The van der Waals surface area contributed by atoms with Crippen LogP contribution in [0.25, 0.3) is 0 Å². The molecule has 1 aliphatic carbocycles. The molecule has 1 N–H and O–H groups in total. The predicted octanol–water partition coefficient (Wildman–Crippen LogP) is 2.93. The average molecular weight is 247 g/mol. The van der Waals surface area contributed by atoms with Crippen molar-refractivity contribution in [3.63, 3.8) is 0 Å². The minimum atomic E-state index is -0.348. The molecule has 3 heteroatoms.